The number of halogens is 1. The number of aromatic nitrogens is 3. The van der Waals surface area contributed by atoms with Gasteiger partial charge in [-0.15, -0.1) is 0 Å². The number of carbonyl (C=O) groups is 1. The average molecular weight is 551 g/mol. The van der Waals surface area contributed by atoms with Crippen LogP contribution >= 0.6 is 11.6 Å². The van der Waals surface area contributed by atoms with E-state index in [0.717, 1.165) is 10.4 Å². The predicted molar refractivity (Wildman–Crippen MR) is 149 cm³/mol. The van der Waals surface area contributed by atoms with Crippen molar-refractivity contribution in [2.75, 3.05) is 19.8 Å². The third-order valence-electron chi connectivity index (χ3n) is 7.18. The lowest BCUT2D eigenvalue weighted by Gasteiger charge is -2.45. The van der Waals surface area contributed by atoms with Gasteiger partial charge >= 0.3 is 6.09 Å². The van der Waals surface area contributed by atoms with Crippen molar-refractivity contribution in [2.45, 2.75) is 38.0 Å². The summed E-state index contributed by atoms with van der Waals surface area (Å²) in [4.78, 5) is 22.4. The second-order valence-corrected chi connectivity index (χ2v) is 15.1. The smallest absolute Gasteiger partial charge is 0.407 e. The Labute approximate surface area is 227 Å². The Bertz CT molecular complexity index is 1370. The van der Waals surface area contributed by atoms with E-state index in [0.29, 0.717) is 16.5 Å². The third kappa shape index (κ3) is 4.71. The molecule has 0 radical (unpaired) electrons. The molecule has 2 atom stereocenters. The Morgan fingerprint density at radius 3 is 2.32 bits per heavy atom. The predicted octanol–water partition coefficient (Wildman–Crippen LogP) is 4.38. The van der Waals surface area contributed by atoms with Crippen LogP contribution in [0, 0.1) is 0 Å². The first-order chi connectivity index (χ1) is 18.2. The van der Waals surface area contributed by atoms with Crippen LogP contribution in [0.1, 0.15) is 32.7 Å². The highest BCUT2D eigenvalue weighted by molar-refractivity contribution is 6.99. The molecular formula is C28H31ClN4O4Si. The molecule has 0 bridgehead atoms. The molecule has 1 fully saturated rings. The van der Waals surface area contributed by atoms with Crippen molar-refractivity contribution in [2.24, 2.45) is 0 Å². The number of carboxylic acid groups (broad SMARTS) is 1. The van der Waals surface area contributed by atoms with Crippen LogP contribution in [-0.4, -0.2) is 64.6 Å². The maximum absolute atomic E-state index is 12.4. The summed E-state index contributed by atoms with van der Waals surface area (Å²) in [5.74, 6) is 0.585. The molecule has 1 aliphatic rings. The number of hydrogen-bond donors (Lipinski definition) is 1. The Morgan fingerprint density at radius 1 is 1.11 bits per heavy atom. The van der Waals surface area contributed by atoms with Gasteiger partial charge in [-0.25, -0.2) is 14.8 Å². The van der Waals surface area contributed by atoms with Crippen molar-refractivity contribution in [3.63, 3.8) is 0 Å². The van der Waals surface area contributed by atoms with E-state index in [2.05, 4.69) is 55.0 Å². The molecule has 2 unspecified atom stereocenters. The summed E-state index contributed by atoms with van der Waals surface area (Å²) >= 11 is 6.20. The first-order valence-corrected chi connectivity index (χ1v) is 14.8. The van der Waals surface area contributed by atoms with Crippen LogP contribution in [0.15, 0.2) is 79.3 Å². The second kappa shape index (κ2) is 10.5. The minimum Gasteiger partial charge on any atom is -0.465 e. The quantitative estimate of drug-likeness (QED) is 0.358. The molecule has 8 nitrogen and oxygen atoms in total. The molecule has 5 rings (SSSR count). The van der Waals surface area contributed by atoms with Crippen LogP contribution in [0.25, 0.3) is 5.52 Å². The molecule has 3 heterocycles. The van der Waals surface area contributed by atoms with Crippen molar-refractivity contribution in [1.29, 1.82) is 0 Å². The Kier molecular flexibility index (Phi) is 7.28. The maximum atomic E-state index is 12.4. The fourth-order valence-electron chi connectivity index (χ4n) is 5.36. The summed E-state index contributed by atoms with van der Waals surface area (Å²) in [6, 6.07) is 20.1. The molecule has 198 valence electrons. The highest BCUT2D eigenvalue weighted by atomic mass is 35.5. The number of ether oxygens (including phenoxy) is 1. The van der Waals surface area contributed by atoms with Crippen LogP contribution in [0.2, 0.25) is 10.2 Å². The van der Waals surface area contributed by atoms with Gasteiger partial charge in [0.2, 0.25) is 0 Å². The van der Waals surface area contributed by atoms with Crippen LogP contribution in [-0.2, 0) is 9.16 Å². The van der Waals surface area contributed by atoms with Crippen molar-refractivity contribution >= 4 is 41.9 Å². The largest absolute Gasteiger partial charge is 0.465 e. The zero-order valence-electron chi connectivity index (χ0n) is 21.6. The number of nitrogens with zero attached hydrogens (tertiary/aromatic N) is 4. The van der Waals surface area contributed by atoms with Crippen molar-refractivity contribution in [3.8, 4) is 0 Å². The highest BCUT2D eigenvalue weighted by Crippen LogP contribution is 2.37. The van der Waals surface area contributed by atoms with Gasteiger partial charge in [-0.1, -0.05) is 93.0 Å². The first-order valence-electron chi connectivity index (χ1n) is 12.6. The standard InChI is InChI=1S/C28H31ClN4O4Si/c1-28(2,3)38(21-10-6-4-7-11-21,22-12-8-5-9-13-22)37-19-20-18-36-24(17-33(20)27(34)35)26-31-16-23-25(29)30-14-15-32(23)26/h4-16,20,24H,17-19H2,1-3H3,(H,34,35). The van der Waals surface area contributed by atoms with E-state index in [-0.39, 0.29) is 24.8 Å². The van der Waals surface area contributed by atoms with E-state index in [1.807, 2.05) is 36.4 Å². The lowest BCUT2D eigenvalue weighted by atomic mass is 10.2. The van der Waals surface area contributed by atoms with Gasteiger partial charge in [-0.3, -0.25) is 9.30 Å². The lowest BCUT2D eigenvalue weighted by Crippen LogP contribution is -2.68. The molecule has 2 aromatic heterocycles. The summed E-state index contributed by atoms with van der Waals surface area (Å²) < 4.78 is 15.0. The first kappa shape index (κ1) is 26.4. The van der Waals surface area contributed by atoms with Gasteiger partial charge in [0, 0.05) is 12.4 Å². The van der Waals surface area contributed by atoms with Crippen LogP contribution in [0.4, 0.5) is 4.79 Å². The van der Waals surface area contributed by atoms with Gasteiger partial charge in [-0.05, 0) is 15.4 Å². The van der Waals surface area contributed by atoms with E-state index in [4.69, 9.17) is 20.8 Å². The van der Waals surface area contributed by atoms with Crippen LogP contribution in [0.5, 0.6) is 0 Å². The summed E-state index contributed by atoms with van der Waals surface area (Å²) in [6.45, 7) is 7.12. The normalized spacial score (nSPS) is 18.6. The molecule has 0 spiro atoms. The Hall–Kier alpha value is -3.24. The highest BCUT2D eigenvalue weighted by Gasteiger charge is 2.51. The van der Waals surface area contributed by atoms with Crippen molar-refractivity contribution < 1.29 is 19.1 Å². The molecule has 4 aromatic rings. The number of fused-ring (bicyclic) bond motifs is 1. The van der Waals surface area contributed by atoms with Gasteiger partial charge in [-0.2, -0.15) is 0 Å². The summed E-state index contributed by atoms with van der Waals surface area (Å²) in [5.41, 5.74) is 0.645. The molecular weight excluding hydrogens is 520 g/mol. The summed E-state index contributed by atoms with van der Waals surface area (Å²) in [5, 5.41) is 12.6. The fourth-order valence-corrected chi connectivity index (χ4v) is 10.2. The van der Waals surface area contributed by atoms with Gasteiger partial charge in [0.15, 0.2) is 5.15 Å². The topological polar surface area (TPSA) is 89.2 Å². The van der Waals surface area contributed by atoms with E-state index in [9.17, 15) is 9.90 Å². The Balaban J connectivity index is 1.44. The number of amides is 1. The molecule has 38 heavy (non-hydrogen) atoms. The minimum absolute atomic E-state index is 0.128. The second-order valence-electron chi connectivity index (χ2n) is 10.5. The lowest BCUT2D eigenvalue weighted by molar-refractivity contribution is -0.0696. The Morgan fingerprint density at radius 2 is 1.74 bits per heavy atom. The number of morpholine rings is 1. The van der Waals surface area contributed by atoms with Gasteiger partial charge in [0.05, 0.1) is 32.0 Å². The summed E-state index contributed by atoms with van der Waals surface area (Å²) in [6.07, 6.45) is 3.39. The van der Waals surface area contributed by atoms with Crippen LogP contribution in [0.3, 0.4) is 0 Å². The molecule has 10 heteroatoms. The molecule has 1 amide bonds. The van der Waals surface area contributed by atoms with Crippen LogP contribution < -0.4 is 10.4 Å². The molecule has 1 saturated heterocycles. The summed E-state index contributed by atoms with van der Waals surface area (Å²) in [7, 11) is -2.82. The number of benzene rings is 2. The molecule has 1 aliphatic heterocycles. The zero-order valence-corrected chi connectivity index (χ0v) is 23.4. The van der Waals surface area contributed by atoms with E-state index in [1.165, 1.54) is 4.90 Å². The zero-order chi connectivity index (χ0) is 26.9. The fraction of sp³-hybridized carbons (Fsp3) is 0.321. The van der Waals surface area contributed by atoms with E-state index >= 15 is 0 Å². The van der Waals surface area contributed by atoms with Gasteiger partial charge in [0.25, 0.3) is 8.32 Å². The molecule has 2 aromatic carbocycles. The minimum atomic E-state index is -2.82. The SMILES string of the molecule is CC(C)(C)[Si](OCC1COC(c2ncc3c(Cl)nccn23)CN1C(=O)O)(c1ccccc1)c1ccccc1. The number of hydrogen-bond acceptors (Lipinski definition) is 5. The monoisotopic (exact) mass is 550 g/mol. The molecule has 1 N–H and O–H groups in total. The molecule has 0 saturated carbocycles. The maximum Gasteiger partial charge on any atom is 0.407 e. The number of imidazole rings is 1. The van der Waals surface area contributed by atoms with E-state index in [1.54, 1.807) is 23.0 Å². The van der Waals surface area contributed by atoms with E-state index < -0.39 is 26.6 Å². The van der Waals surface area contributed by atoms with Crippen molar-refractivity contribution in [3.05, 3.63) is 90.2 Å². The average Bonchev–Trinajstić information content (AvgIpc) is 3.35. The van der Waals surface area contributed by atoms with Gasteiger partial charge in [0.1, 0.15) is 17.4 Å². The van der Waals surface area contributed by atoms with Gasteiger partial charge < -0.3 is 14.3 Å². The number of rotatable bonds is 6. The van der Waals surface area contributed by atoms with Crippen molar-refractivity contribution in [1.82, 2.24) is 19.3 Å². The third-order valence-corrected chi connectivity index (χ3v) is 12.5. The molecule has 0 aliphatic carbocycles.